The Hall–Kier alpha value is -1.58. The van der Waals surface area contributed by atoms with E-state index in [1.807, 2.05) is 17.0 Å². The number of likely N-dealkylation sites (tertiary alicyclic amines) is 1. The van der Waals surface area contributed by atoms with Crippen LogP contribution in [0.5, 0.6) is 0 Å². The van der Waals surface area contributed by atoms with Crippen LogP contribution >= 0.6 is 0 Å². The molecule has 3 aliphatic heterocycles. The summed E-state index contributed by atoms with van der Waals surface area (Å²) in [5.41, 5.74) is 1.23. The molecule has 3 atom stereocenters. The molecular formula is C18H23FN2O. The molecule has 4 heteroatoms. The van der Waals surface area contributed by atoms with Crippen LogP contribution in [0.3, 0.4) is 0 Å². The Labute approximate surface area is 131 Å². The smallest absolute Gasteiger partial charge is 0.320 e. The topological polar surface area (TPSA) is 23.6 Å². The Morgan fingerprint density at radius 2 is 1.59 bits per heavy atom. The van der Waals surface area contributed by atoms with Crippen molar-refractivity contribution >= 4 is 6.03 Å². The van der Waals surface area contributed by atoms with Gasteiger partial charge in [-0.05, 0) is 62.1 Å². The minimum absolute atomic E-state index is 0.173. The number of halogens is 1. The quantitative estimate of drug-likeness (QED) is 0.775. The third kappa shape index (κ3) is 2.38. The van der Waals surface area contributed by atoms with Crippen LogP contribution in [-0.2, 0) is 0 Å². The van der Waals surface area contributed by atoms with Crippen molar-refractivity contribution in [1.29, 1.82) is 0 Å². The number of nitrogens with zero attached hydrogens (tertiary/aromatic N) is 2. The zero-order valence-corrected chi connectivity index (χ0v) is 12.9. The van der Waals surface area contributed by atoms with E-state index in [9.17, 15) is 9.18 Å². The summed E-state index contributed by atoms with van der Waals surface area (Å²) in [7, 11) is 0. The lowest BCUT2D eigenvalue weighted by molar-refractivity contribution is 0.111. The summed E-state index contributed by atoms with van der Waals surface area (Å²) in [6.07, 6.45) is 6.60. The van der Waals surface area contributed by atoms with Crippen molar-refractivity contribution < 1.29 is 9.18 Å². The summed E-state index contributed by atoms with van der Waals surface area (Å²) < 4.78 is 13.1. The molecule has 118 valence electrons. The second-order valence-corrected chi connectivity index (χ2v) is 6.99. The van der Waals surface area contributed by atoms with Crippen LogP contribution in [0.4, 0.5) is 9.18 Å². The molecule has 0 unspecified atom stereocenters. The summed E-state index contributed by atoms with van der Waals surface area (Å²) in [5.74, 6) is 0.300. The van der Waals surface area contributed by atoms with E-state index in [2.05, 4.69) is 4.90 Å². The lowest BCUT2D eigenvalue weighted by Gasteiger charge is -2.41. The van der Waals surface area contributed by atoms with Gasteiger partial charge in [-0.1, -0.05) is 12.1 Å². The molecule has 0 radical (unpaired) electrons. The molecule has 3 nitrogen and oxygen atoms in total. The van der Waals surface area contributed by atoms with Crippen LogP contribution in [-0.4, -0.2) is 41.0 Å². The molecule has 3 aliphatic rings. The van der Waals surface area contributed by atoms with Gasteiger partial charge in [0.2, 0.25) is 0 Å². The maximum atomic E-state index is 13.1. The van der Waals surface area contributed by atoms with E-state index < -0.39 is 0 Å². The Morgan fingerprint density at radius 1 is 1.00 bits per heavy atom. The number of carbonyl (C=O) groups is 1. The average Bonchev–Trinajstić information content (AvgIpc) is 3.14. The first-order chi connectivity index (χ1) is 10.7. The van der Waals surface area contributed by atoms with Gasteiger partial charge in [-0.3, -0.25) is 0 Å². The van der Waals surface area contributed by atoms with Crippen LogP contribution < -0.4 is 0 Å². The van der Waals surface area contributed by atoms with Gasteiger partial charge in [0.05, 0.1) is 0 Å². The first-order valence-electron chi connectivity index (χ1n) is 8.55. The molecule has 1 aromatic rings. The summed E-state index contributed by atoms with van der Waals surface area (Å²) >= 11 is 0. The van der Waals surface area contributed by atoms with E-state index in [1.54, 1.807) is 12.1 Å². The van der Waals surface area contributed by atoms with Crippen molar-refractivity contribution in [3.8, 4) is 0 Å². The van der Waals surface area contributed by atoms with Crippen molar-refractivity contribution in [3.63, 3.8) is 0 Å². The Bertz CT molecular complexity index is 539. The summed E-state index contributed by atoms with van der Waals surface area (Å²) in [5, 5.41) is 0. The number of urea groups is 1. The van der Waals surface area contributed by atoms with Crippen molar-refractivity contribution in [2.75, 3.05) is 13.1 Å². The van der Waals surface area contributed by atoms with Gasteiger partial charge >= 0.3 is 6.03 Å². The van der Waals surface area contributed by atoms with Crippen LogP contribution in [0, 0.1) is 5.82 Å². The molecule has 3 fully saturated rings. The van der Waals surface area contributed by atoms with Crippen molar-refractivity contribution in [1.82, 2.24) is 9.80 Å². The normalized spacial score (nSPS) is 30.9. The van der Waals surface area contributed by atoms with Gasteiger partial charge in [0.1, 0.15) is 5.82 Å². The standard InChI is InChI=1S/C18H23FN2O/c19-15-5-3-13(4-6-15)14-11-16-7-8-17(12-14)21(16)18(22)20-9-1-2-10-20/h3-6,14,16-17H,1-2,7-12H2/t14-,16+,17-. The maximum Gasteiger partial charge on any atom is 0.320 e. The Kier molecular flexibility index (Phi) is 3.55. The molecule has 3 heterocycles. The van der Waals surface area contributed by atoms with E-state index in [0.717, 1.165) is 51.6 Å². The third-order valence-corrected chi connectivity index (χ3v) is 5.67. The van der Waals surface area contributed by atoms with Gasteiger partial charge in [-0.15, -0.1) is 0 Å². The van der Waals surface area contributed by atoms with Gasteiger partial charge in [-0.2, -0.15) is 0 Å². The fourth-order valence-electron chi connectivity index (χ4n) is 4.57. The predicted octanol–water partition coefficient (Wildman–Crippen LogP) is 3.75. The van der Waals surface area contributed by atoms with Gasteiger partial charge in [0.15, 0.2) is 0 Å². The number of carbonyl (C=O) groups excluding carboxylic acids is 1. The molecule has 0 spiro atoms. The minimum Gasteiger partial charge on any atom is -0.325 e. The van der Waals surface area contributed by atoms with Crippen LogP contribution in [0.2, 0.25) is 0 Å². The van der Waals surface area contributed by atoms with E-state index >= 15 is 0 Å². The lowest BCUT2D eigenvalue weighted by atomic mass is 9.85. The fraction of sp³-hybridized carbons (Fsp3) is 0.611. The first kappa shape index (κ1) is 14.0. The molecule has 3 saturated heterocycles. The van der Waals surface area contributed by atoms with E-state index in [0.29, 0.717) is 18.0 Å². The monoisotopic (exact) mass is 302 g/mol. The van der Waals surface area contributed by atoms with Gasteiger partial charge in [0, 0.05) is 25.2 Å². The summed E-state index contributed by atoms with van der Waals surface area (Å²) in [6, 6.07) is 7.96. The second-order valence-electron chi connectivity index (χ2n) is 6.99. The molecule has 4 rings (SSSR count). The lowest BCUT2D eigenvalue weighted by Crippen LogP contribution is -2.51. The van der Waals surface area contributed by atoms with Crippen molar-refractivity contribution in [2.45, 2.75) is 56.5 Å². The molecule has 2 amide bonds. The Balaban J connectivity index is 1.49. The highest BCUT2D eigenvalue weighted by Crippen LogP contribution is 2.43. The zero-order chi connectivity index (χ0) is 15.1. The van der Waals surface area contributed by atoms with Crippen LogP contribution in [0.15, 0.2) is 24.3 Å². The van der Waals surface area contributed by atoms with Crippen molar-refractivity contribution in [2.24, 2.45) is 0 Å². The van der Waals surface area contributed by atoms with E-state index in [4.69, 9.17) is 0 Å². The second kappa shape index (κ2) is 5.56. The minimum atomic E-state index is -0.173. The number of benzene rings is 1. The fourth-order valence-corrected chi connectivity index (χ4v) is 4.57. The average molecular weight is 302 g/mol. The molecule has 2 bridgehead atoms. The highest BCUT2D eigenvalue weighted by atomic mass is 19.1. The number of hydrogen-bond donors (Lipinski definition) is 0. The van der Waals surface area contributed by atoms with Crippen LogP contribution in [0.1, 0.15) is 50.0 Å². The molecule has 1 aromatic carbocycles. The highest BCUT2D eigenvalue weighted by molar-refractivity contribution is 5.76. The largest absolute Gasteiger partial charge is 0.325 e. The number of fused-ring (bicyclic) bond motifs is 2. The molecule has 0 N–H and O–H groups in total. The maximum absolute atomic E-state index is 13.1. The molecule has 0 saturated carbocycles. The highest BCUT2D eigenvalue weighted by Gasteiger charge is 2.44. The number of rotatable bonds is 1. The molecule has 0 aliphatic carbocycles. The predicted molar refractivity (Wildman–Crippen MR) is 83.2 cm³/mol. The summed E-state index contributed by atoms with van der Waals surface area (Å²) in [4.78, 5) is 17.0. The van der Waals surface area contributed by atoms with Gasteiger partial charge in [-0.25, -0.2) is 9.18 Å². The SMILES string of the molecule is O=C(N1CCCC1)N1[C@@H]2CC[C@H]1C[C@@H](c1ccc(F)cc1)C2. The van der Waals surface area contributed by atoms with Gasteiger partial charge < -0.3 is 9.80 Å². The zero-order valence-electron chi connectivity index (χ0n) is 12.9. The number of piperidine rings is 1. The molecule has 22 heavy (non-hydrogen) atoms. The summed E-state index contributed by atoms with van der Waals surface area (Å²) in [6.45, 7) is 1.85. The number of hydrogen-bond acceptors (Lipinski definition) is 1. The van der Waals surface area contributed by atoms with Crippen LogP contribution in [0.25, 0.3) is 0 Å². The number of amides is 2. The van der Waals surface area contributed by atoms with Gasteiger partial charge in [0.25, 0.3) is 0 Å². The van der Waals surface area contributed by atoms with E-state index in [-0.39, 0.29) is 11.8 Å². The third-order valence-electron chi connectivity index (χ3n) is 5.67. The molecule has 0 aromatic heterocycles. The van der Waals surface area contributed by atoms with E-state index in [1.165, 1.54) is 5.56 Å². The van der Waals surface area contributed by atoms with Crippen molar-refractivity contribution in [3.05, 3.63) is 35.6 Å². The Morgan fingerprint density at radius 3 is 2.18 bits per heavy atom. The first-order valence-corrected chi connectivity index (χ1v) is 8.55. The molecular weight excluding hydrogens is 279 g/mol.